The quantitative estimate of drug-likeness (QED) is 0.682. The van der Waals surface area contributed by atoms with Crippen LogP contribution in [0.5, 0.6) is 5.75 Å². The zero-order valence-electron chi connectivity index (χ0n) is 13.3. The molecule has 0 amide bonds. The molecule has 1 aliphatic rings. The normalized spacial score (nSPS) is 12.9. The van der Waals surface area contributed by atoms with Gasteiger partial charge in [0.05, 0.1) is 24.1 Å². The van der Waals surface area contributed by atoms with E-state index in [1.165, 1.54) is 0 Å². The molecule has 4 nitrogen and oxygen atoms in total. The summed E-state index contributed by atoms with van der Waals surface area (Å²) in [7, 11) is 1.66. The molecule has 0 radical (unpaired) electrons. The predicted molar refractivity (Wildman–Crippen MR) is 94.0 cm³/mol. The van der Waals surface area contributed by atoms with Gasteiger partial charge in [-0.2, -0.15) is 0 Å². The predicted octanol–water partition coefficient (Wildman–Crippen LogP) is 4.66. The number of fused-ring (bicyclic) bond motifs is 3. The van der Waals surface area contributed by atoms with Crippen LogP contribution < -0.4 is 4.74 Å². The number of hydrogen-bond acceptors (Lipinski definition) is 4. The molecule has 120 valence electrons. The molecule has 0 atom stereocenters. The number of ether oxygens (including phenoxy) is 1. The summed E-state index contributed by atoms with van der Waals surface area (Å²) in [6.07, 6.45) is 0. The topological polar surface area (TPSA) is 47.6 Å². The van der Waals surface area contributed by atoms with E-state index in [0.717, 1.165) is 45.2 Å². The van der Waals surface area contributed by atoms with Gasteiger partial charge in [-0.25, -0.2) is 0 Å². The Kier molecular flexibility index (Phi) is 3.62. The van der Waals surface area contributed by atoms with Gasteiger partial charge in [0.15, 0.2) is 5.76 Å². The van der Waals surface area contributed by atoms with Crippen LogP contribution in [0.15, 0.2) is 52.0 Å². The number of aliphatic imine (C=N–C) groups is 1. The van der Waals surface area contributed by atoms with Crippen molar-refractivity contribution in [2.75, 3.05) is 7.11 Å². The van der Waals surface area contributed by atoms with Crippen molar-refractivity contribution in [2.24, 2.45) is 4.99 Å². The summed E-state index contributed by atoms with van der Waals surface area (Å²) in [5, 5.41) is 4.80. The van der Waals surface area contributed by atoms with Crippen molar-refractivity contribution in [3.05, 3.63) is 70.1 Å². The van der Waals surface area contributed by atoms with E-state index in [0.29, 0.717) is 11.6 Å². The molecule has 0 saturated carbocycles. The van der Waals surface area contributed by atoms with E-state index in [1.807, 2.05) is 49.4 Å². The largest absolute Gasteiger partial charge is 0.497 e. The van der Waals surface area contributed by atoms with Crippen molar-refractivity contribution in [3.8, 4) is 16.9 Å². The monoisotopic (exact) mass is 338 g/mol. The minimum absolute atomic E-state index is 0.450. The first-order valence-electron chi connectivity index (χ1n) is 7.61. The van der Waals surface area contributed by atoms with E-state index in [2.05, 4.69) is 5.16 Å². The summed E-state index contributed by atoms with van der Waals surface area (Å²) in [6, 6.07) is 13.7. The average molecular weight is 339 g/mol. The van der Waals surface area contributed by atoms with Gasteiger partial charge in [-0.1, -0.05) is 28.9 Å². The number of halogens is 1. The molecule has 3 aromatic rings. The van der Waals surface area contributed by atoms with Gasteiger partial charge >= 0.3 is 0 Å². The molecule has 0 bridgehead atoms. The third-order valence-electron chi connectivity index (χ3n) is 4.18. The van der Waals surface area contributed by atoms with Crippen LogP contribution in [0.1, 0.15) is 22.6 Å². The van der Waals surface area contributed by atoms with Gasteiger partial charge in [0.25, 0.3) is 0 Å². The van der Waals surface area contributed by atoms with Gasteiger partial charge in [-0.15, -0.1) is 0 Å². The summed E-state index contributed by atoms with van der Waals surface area (Å²) in [5.74, 6) is 1.57. The Morgan fingerprint density at radius 2 is 1.88 bits per heavy atom. The van der Waals surface area contributed by atoms with Crippen LogP contribution in [0.3, 0.4) is 0 Å². The molecule has 0 aliphatic carbocycles. The van der Waals surface area contributed by atoms with Crippen LogP contribution in [0.2, 0.25) is 5.02 Å². The maximum atomic E-state index is 6.02. The highest BCUT2D eigenvalue weighted by molar-refractivity contribution is 6.30. The Hall–Kier alpha value is -2.59. The summed E-state index contributed by atoms with van der Waals surface area (Å²) in [6.45, 7) is 2.40. The van der Waals surface area contributed by atoms with Gasteiger partial charge in [-0.3, -0.25) is 4.99 Å². The summed E-state index contributed by atoms with van der Waals surface area (Å²) >= 11 is 6.02. The number of aryl methyl sites for hydroxylation is 1. The van der Waals surface area contributed by atoms with E-state index in [9.17, 15) is 0 Å². The van der Waals surface area contributed by atoms with Crippen LogP contribution in [0.25, 0.3) is 11.1 Å². The van der Waals surface area contributed by atoms with Crippen molar-refractivity contribution >= 4 is 17.3 Å². The number of hydrogen-bond donors (Lipinski definition) is 0. The van der Waals surface area contributed by atoms with E-state index in [-0.39, 0.29) is 0 Å². The molecule has 0 N–H and O–H groups in total. The minimum atomic E-state index is 0.450. The van der Waals surface area contributed by atoms with Crippen molar-refractivity contribution in [1.29, 1.82) is 0 Å². The second-order valence-corrected chi connectivity index (χ2v) is 6.09. The fourth-order valence-corrected chi connectivity index (χ4v) is 3.15. The van der Waals surface area contributed by atoms with Gasteiger partial charge in [-0.05, 0) is 42.8 Å². The second-order valence-electron chi connectivity index (χ2n) is 5.65. The zero-order valence-corrected chi connectivity index (χ0v) is 14.1. The number of methoxy groups -OCH3 is 1. The second kappa shape index (κ2) is 5.80. The molecule has 5 heteroatoms. The summed E-state index contributed by atoms with van der Waals surface area (Å²) in [4.78, 5) is 4.78. The standard InChI is InChI=1S/C19H15ClN2O2/c1-11-18-15-8-7-14(23-2)9-16(15)19(21-10-17(18)24-22-11)12-3-5-13(20)6-4-12/h3-9H,10H2,1-2H3. The first-order chi connectivity index (χ1) is 11.7. The SMILES string of the molecule is COc1ccc2c(c1)C(c1ccc(Cl)cc1)=NCc1onc(C)c1-2. The highest BCUT2D eigenvalue weighted by Gasteiger charge is 2.24. The van der Waals surface area contributed by atoms with E-state index in [4.69, 9.17) is 25.9 Å². The lowest BCUT2D eigenvalue weighted by molar-refractivity contribution is 0.382. The number of aromatic nitrogens is 1. The Morgan fingerprint density at radius 3 is 2.62 bits per heavy atom. The van der Waals surface area contributed by atoms with Gasteiger partial charge in [0, 0.05) is 16.1 Å². The zero-order chi connectivity index (χ0) is 16.7. The highest BCUT2D eigenvalue weighted by Crippen LogP contribution is 2.36. The van der Waals surface area contributed by atoms with Crippen molar-refractivity contribution < 1.29 is 9.26 Å². The first-order valence-corrected chi connectivity index (χ1v) is 7.99. The maximum Gasteiger partial charge on any atom is 0.166 e. The Morgan fingerprint density at radius 1 is 1.08 bits per heavy atom. The molecule has 4 rings (SSSR count). The van der Waals surface area contributed by atoms with Crippen molar-refractivity contribution in [2.45, 2.75) is 13.5 Å². The van der Waals surface area contributed by atoms with Gasteiger partial charge in [0.1, 0.15) is 12.3 Å². The van der Waals surface area contributed by atoms with E-state index < -0.39 is 0 Å². The van der Waals surface area contributed by atoms with Crippen molar-refractivity contribution in [1.82, 2.24) is 5.16 Å². The molecular formula is C19H15ClN2O2. The third-order valence-corrected chi connectivity index (χ3v) is 4.44. The molecule has 1 aromatic heterocycles. The minimum Gasteiger partial charge on any atom is -0.497 e. The number of benzene rings is 2. The van der Waals surface area contributed by atoms with E-state index in [1.54, 1.807) is 7.11 Å². The maximum absolute atomic E-state index is 6.02. The molecule has 1 aliphatic heterocycles. The van der Waals surface area contributed by atoms with Gasteiger partial charge in [0.2, 0.25) is 0 Å². The number of nitrogens with zero attached hydrogens (tertiary/aromatic N) is 2. The highest BCUT2D eigenvalue weighted by atomic mass is 35.5. The Balaban J connectivity index is 1.97. The lowest BCUT2D eigenvalue weighted by Gasteiger charge is -2.12. The van der Waals surface area contributed by atoms with Crippen LogP contribution in [0.4, 0.5) is 0 Å². The van der Waals surface area contributed by atoms with Crippen LogP contribution in [-0.2, 0) is 6.54 Å². The first kappa shape index (κ1) is 15.0. The van der Waals surface area contributed by atoms with Crippen LogP contribution >= 0.6 is 11.6 Å². The molecule has 0 saturated heterocycles. The molecule has 2 aromatic carbocycles. The molecule has 2 heterocycles. The van der Waals surface area contributed by atoms with Crippen LogP contribution in [0, 0.1) is 6.92 Å². The van der Waals surface area contributed by atoms with E-state index >= 15 is 0 Å². The molecule has 0 fully saturated rings. The summed E-state index contributed by atoms with van der Waals surface area (Å²) in [5.41, 5.74) is 5.83. The van der Waals surface area contributed by atoms with Crippen LogP contribution in [-0.4, -0.2) is 18.0 Å². The molecule has 0 unspecified atom stereocenters. The average Bonchev–Trinajstić information content (AvgIpc) is 2.88. The lowest BCUT2D eigenvalue weighted by atomic mass is 9.93. The fraction of sp³-hybridized carbons (Fsp3) is 0.158. The Bertz CT molecular complexity index is 943. The van der Waals surface area contributed by atoms with Gasteiger partial charge < -0.3 is 9.26 Å². The number of rotatable bonds is 2. The third kappa shape index (κ3) is 2.39. The smallest absolute Gasteiger partial charge is 0.166 e. The molecule has 24 heavy (non-hydrogen) atoms. The molecule has 0 spiro atoms. The fourth-order valence-electron chi connectivity index (χ4n) is 3.02. The Labute approximate surface area is 144 Å². The van der Waals surface area contributed by atoms with Crippen molar-refractivity contribution in [3.63, 3.8) is 0 Å². The lowest BCUT2D eigenvalue weighted by Crippen LogP contribution is -2.05. The summed E-state index contributed by atoms with van der Waals surface area (Å²) < 4.78 is 10.9. The molecular weight excluding hydrogens is 324 g/mol.